The van der Waals surface area contributed by atoms with E-state index in [0.29, 0.717) is 6.54 Å². The second kappa shape index (κ2) is 5.32. The van der Waals surface area contributed by atoms with E-state index in [9.17, 15) is 4.79 Å². The maximum absolute atomic E-state index is 10.6. The van der Waals surface area contributed by atoms with E-state index in [2.05, 4.69) is 11.8 Å². The first-order valence-corrected chi connectivity index (χ1v) is 5.30. The quantitative estimate of drug-likeness (QED) is 0.697. The lowest BCUT2D eigenvalue weighted by atomic mass is 10.0. The zero-order valence-corrected chi connectivity index (χ0v) is 8.78. The highest BCUT2D eigenvalue weighted by Crippen LogP contribution is 2.16. The van der Waals surface area contributed by atoms with Gasteiger partial charge in [-0.15, -0.1) is 0 Å². The summed E-state index contributed by atoms with van der Waals surface area (Å²) in [4.78, 5) is 12.7. The van der Waals surface area contributed by atoms with E-state index in [1.54, 1.807) is 0 Å². The molecule has 3 N–H and O–H groups in total. The van der Waals surface area contributed by atoms with Crippen LogP contribution in [0, 0.1) is 5.92 Å². The Labute approximate surface area is 85.1 Å². The molecule has 1 fully saturated rings. The summed E-state index contributed by atoms with van der Waals surface area (Å²) in [6.45, 7) is 4.72. The van der Waals surface area contributed by atoms with Crippen LogP contribution in [-0.4, -0.2) is 41.7 Å². The van der Waals surface area contributed by atoms with Crippen LogP contribution < -0.4 is 5.73 Å². The Morgan fingerprint density at radius 1 is 1.57 bits per heavy atom. The minimum absolute atomic E-state index is 0.488. The Kier molecular flexibility index (Phi) is 4.35. The van der Waals surface area contributed by atoms with Gasteiger partial charge in [0, 0.05) is 6.54 Å². The molecule has 1 rings (SSSR count). The molecule has 0 aromatic rings. The lowest BCUT2D eigenvalue weighted by Crippen LogP contribution is -2.43. The van der Waals surface area contributed by atoms with Gasteiger partial charge in [0.05, 0.1) is 0 Å². The summed E-state index contributed by atoms with van der Waals surface area (Å²) in [5.41, 5.74) is 5.49. The molecule has 4 heteroatoms. The normalized spacial score (nSPS) is 26.9. The highest BCUT2D eigenvalue weighted by Gasteiger charge is 2.19. The van der Waals surface area contributed by atoms with Crippen LogP contribution in [0.4, 0.5) is 0 Å². The van der Waals surface area contributed by atoms with Crippen molar-refractivity contribution in [1.82, 2.24) is 4.90 Å². The molecule has 82 valence electrons. The van der Waals surface area contributed by atoms with Crippen molar-refractivity contribution in [3.8, 4) is 0 Å². The number of likely N-dealkylation sites (tertiary alicyclic amines) is 1. The summed E-state index contributed by atoms with van der Waals surface area (Å²) >= 11 is 0. The van der Waals surface area contributed by atoms with Crippen LogP contribution in [0.3, 0.4) is 0 Å². The smallest absolute Gasteiger partial charge is 0.321 e. The van der Waals surface area contributed by atoms with Crippen LogP contribution in [0.1, 0.15) is 26.2 Å². The first kappa shape index (κ1) is 11.5. The fourth-order valence-electron chi connectivity index (χ4n) is 1.86. The first-order valence-electron chi connectivity index (χ1n) is 5.30. The van der Waals surface area contributed by atoms with Gasteiger partial charge in [0.2, 0.25) is 0 Å². The third kappa shape index (κ3) is 3.64. The molecule has 1 aliphatic rings. The van der Waals surface area contributed by atoms with E-state index in [1.807, 2.05) is 0 Å². The van der Waals surface area contributed by atoms with Crippen LogP contribution in [0.25, 0.3) is 0 Å². The van der Waals surface area contributed by atoms with Gasteiger partial charge in [0.25, 0.3) is 0 Å². The summed E-state index contributed by atoms with van der Waals surface area (Å²) in [7, 11) is 0. The molecule has 1 heterocycles. The SMILES string of the molecule is C[C@@H]1CCCN(C[C@@H](N)C(=O)O)CC1. The summed E-state index contributed by atoms with van der Waals surface area (Å²) in [6.07, 6.45) is 3.57. The largest absolute Gasteiger partial charge is 0.480 e. The molecule has 0 aliphatic carbocycles. The number of nitrogens with two attached hydrogens (primary N) is 1. The summed E-state index contributed by atoms with van der Waals surface area (Å²) in [5, 5.41) is 8.68. The fraction of sp³-hybridized carbons (Fsp3) is 0.900. The number of hydrogen-bond donors (Lipinski definition) is 2. The highest BCUT2D eigenvalue weighted by atomic mass is 16.4. The van der Waals surface area contributed by atoms with E-state index >= 15 is 0 Å². The molecule has 0 saturated carbocycles. The average molecular weight is 200 g/mol. The molecule has 0 spiro atoms. The van der Waals surface area contributed by atoms with Gasteiger partial charge in [-0.2, -0.15) is 0 Å². The van der Waals surface area contributed by atoms with Crippen molar-refractivity contribution in [3.63, 3.8) is 0 Å². The van der Waals surface area contributed by atoms with E-state index in [4.69, 9.17) is 10.8 Å². The summed E-state index contributed by atoms with van der Waals surface area (Å²) in [5.74, 6) is -0.136. The zero-order valence-electron chi connectivity index (χ0n) is 8.78. The van der Waals surface area contributed by atoms with Crippen molar-refractivity contribution in [1.29, 1.82) is 0 Å². The number of carboxylic acids is 1. The first-order chi connectivity index (χ1) is 6.59. The van der Waals surface area contributed by atoms with Gasteiger partial charge in [-0.1, -0.05) is 6.92 Å². The van der Waals surface area contributed by atoms with E-state index in [1.165, 1.54) is 6.42 Å². The van der Waals surface area contributed by atoms with Crippen LogP contribution in [-0.2, 0) is 4.79 Å². The van der Waals surface area contributed by atoms with Gasteiger partial charge < -0.3 is 15.7 Å². The van der Waals surface area contributed by atoms with Gasteiger partial charge >= 0.3 is 5.97 Å². The van der Waals surface area contributed by atoms with Crippen molar-refractivity contribution in [2.45, 2.75) is 32.2 Å². The number of carboxylic acid groups (broad SMARTS) is 1. The number of carbonyl (C=O) groups is 1. The third-order valence-electron chi connectivity index (χ3n) is 2.88. The Hall–Kier alpha value is -0.610. The Bertz CT molecular complexity index is 197. The topological polar surface area (TPSA) is 66.6 Å². The van der Waals surface area contributed by atoms with Crippen molar-refractivity contribution in [2.75, 3.05) is 19.6 Å². The highest BCUT2D eigenvalue weighted by molar-refractivity contribution is 5.73. The number of aliphatic carboxylic acids is 1. The predicted octanol–water partition coefficient (Wildman–Crippen LogP) is 0.520. The maximum Gasteiger partial charge on any atom is 0.321 e. The average Bonchev–Trinajstić information content (AvgIpc) is 2.31. The molecule has 14 heavy (non-hydrogen) atoms. The van der Waals surface area contributed by atoms with Crippen molar-refractivity contribution in [2.24, 2.45) is 11.7 Å². The maximum atomic E-state index is 10.6. The van der Waals surface area contributed by atoms with Crippen molar-refractivity contribution >= 4 is 5.97 Å². The molecule has 0 amide bonds. The minimum atomic E-state index is -0.901. The standard InChI is InChI=1S/C10H20N2O2/c1-8-3-2-5-12(6-4-8)7-9(11)10(13)14/h8-9H,2-7,11H2,1H3,(H,13,14)/t8-,9-/m1/s1. The molecular formula is C10H20N2O2. The van der Waals surface area contributed by atoms with E-state index in [0.717, 1.165) is 31.8 Å². The second-order valence-electron chi connectivity index (χ2n) is 4.28. The molecule has 0 aromatic carbocycles. The molecule has 0 unspecified atom stereocenters. The van der Waals surface area contributed by atoms with Crippen molar-refractivity contribution in [3.05, 3.63) is 0 Å². The lowest BCUT2D eigenvalue weighted by Gasteiger charge is -2.21. The molecule has 1 aliphatic heterocycles. The second-order valence-corrected chi connectivity index (χ2v) is 4.28. The Morgan fingerprint density at radius 3 is 2.93 bits per heavy atom. The van der Waals surface area contributed by atoms with Gasteiger partial charge in [-0.25, -0.2) is 0 Å². The lowest BCUT2D eigenvalue weighted by molar-refractivity contribution is -0.139. The summed E-state index contributed by atoms with van der Waals surface area (Å²) in [6, 6.07) is -0.733. The molecule has 1 saturated heterocycles. The molecule has 2 atom stereocenters. The fourth-order valence-corrected chi connectivity index (χ4v) is 1.86. The molecule has 0 aromatic heterocycles. The van der Waals surface area contributed by atoms with Crippen LogP contribution in [0.2, 0.25) is 0 Å². The minimum Gasteiger partial charge on any atom is -0.480 e. The van der Waals surface area contributed by atoms with Gasteiger partial charge in [-0.3, -0.25) is 4.79 Å². The molecule has 4 nitrogen and oxygen atoms in total. The summed E-state index contributed by atoms with van der Waals surface area (Å²) < 4.78 is 0. The zero-order chi connectivity index (χ0) is 10.6. The van der Waals surface area contributed by atoms with Gasteiger partial charge in [0.15, 0.2) is 0 Å². The Morgan fingerprint density at radius 2 is 2.29 bits per heavy atom. The number of rotatable bonds is 3. The van der Waals surface area contributed by atoms with E-state index < -0.39 is 12.0 Å². The van der Waals surface area contributed by atoms with Crippen LogP contribution in [0.15, 0.2) is 0 Å². The molecular weight excluding hydrogens is 180 g/mol. The number of hydrogen-bond acceptors (Lipinski definition) is 3. The van der Waals surface area contributed by atoms with Crippen LogP contribution in [0.5, 0.6) is 0 Å². The molecule has 0 bridgehead atoms. The van der Waals surface area contributed by atoms with Crippen LogP contribution >= 0.6 is 0 Å². The monoisotopic (exact) mass is 200 g/mol. The van der Waals surface area contributed by atoms with E-state index in [-0.39, 0.29) is 0 Å². The van der Waals surface area contributed by atoms with Gasteiger partial charge in [-0.05, 0) is 38.3 Å². The van der Waals surface area contributed by atoms with Crippen molar-refractivity contribution < 1.29 is 9.90 Å². The Balaban J connectivity index is 2.33. The predicted molar refractivity (Wildman–Crippen MR) is 55.1 cm³/mol. The third-order valence-corrected chi connectivity index (χ3v) is 2.88. The van der Waals surface area contributed by atoms with Gasteiger partial charge in [0.1, 0.15) is 6.04 Å². The number of nitrogens with zero attached hydrogens (tertiary/aromatic N) is 1. The molecule has 0 radical (unpaired) electrons.